The van der Waals surface area contributed by atoms with Crippen molar-refractivity contribution in [2.24, 2.45) is 166 Å². The molecule has 14 fully saturated rings. The topological polar surface area (TPSA) is 23.9 Å². The predicted molar refractivity (Wildman–Crippen MR) is 308 cm³/mol. The van der Waals surface area contributed by atoms with Crippen molar-refractivity contribution in [1.82, 2.24) is 0 Å². The fraction of sp³-hybridized carbons (Fsp3) is 0.800. The van der Waals surface area contributed by atoms with Crippen molar-refractivity contribution in [3.8, 4) is 0 Å². The van der Waals surface area contributed by atoms with E-state index in [1.54, 1.807) is 70.6 Å². The van der Waals surface area contributed by atoms with Crippen LogP contribution in [0.2, 0.25) is 0 Å². The Hall–Kier alpha value is -1.96. The van der Waals surface area contributed by atoms with Gasteiger partial charge in [0, 0.05) is 0 Å². The summed E-state index contributed by atoms with van der Waals surface area (Å²) in [5, 5.41) is 5.25. The third-order valence-electron chi connectivity index (χ3n) is 26.1. The van der Waals surface area contributed by atoms with Gasteiger partial charge in [0.15, 0.2) is 0 Å². The van der Waals surface area contributed by atoms with E-state index >= 15 is 0 Å². The zero-order valence-corrected chi connectivity index (χ0v) is 46.8. The van der Waals surface area contributed by atoms with E-state index in [9.17, 15) is 0 Å². The molecule has 0 heterocycles. The van der Waals surface area contributed by atoms with E-state index in [2.05, 4.69) is 122 Å². The van der Waals surface area contributed by atoms with Crippen molar-refractivity contribution >= 4 is 7.64 Å². The Labute approximate surface area is 445 Å². The Bertz CT molecular complexity index is 1830. The minimum atomic E-state index is 0.804. The van der Waals surface area contributed by atoms with E-state index in [0.717, 1.165) is 131 Å². The standard InChI is InChI=1S/C16H26.C14H24.C14H20.C12H16.C7H10.C5H6.C2H4.BHN/c1-3-4-12-9(2)13-8-14(12)16-11-6-5-10(7-11)15(13)16;2*1-3-9-7-10(4-2)14-12-6-5-11(8-12)13(9)14;1-2-8-5-7(1)11-9-3-4-10(6-9)12(8)11;1-2-7-4-3-6(1)5-7;1-2-4-5-3-1;2*1-2/h9-16H,3-8H2,1-2H3;9-14H,3-8H2,1-2H3;3-4,9-14H,1-2,5-8H2;1-2,7-12H,3-6H2;1-2,6-7H,3-5H2;1-4H,5H2;1-2H2;2H/t;;;7-,8+,9+,10-,11?,12?;;;;. The van der Waals surface area contributed by atoms with Crippen LogP contribution in [-0.4, -0.2) is 7.64 Å². The van der Waals surface area contributed by atoms with Crippen LogP contribution in [0.15, 0.2) is 87.1 Å². The second-order valence-corrected chi connectivity index (χ2v) is 28.2. The summed E-state index contributed by atoms with van der Waals surface area (Å²) in [5.74, 6) is 30.4. The SMILES string of the molecule is C1=CC2CCC1C2.C1=CCC=C1.C1=C[C@H]2C[C@@H]1C1C2[C@@H]2CC[C@H]1C2.C=C.C=CC1CC(C=C)C2C3CCC(C3)C12.CCC1CC(CC)C2C3CCC(C3)C12.CCCC1C(C)C2CC1C1C3CCC(C3)C21.[B]=N. The van der Waals surface area contributed by atoms with E-state index in [1.807, 2.05) is 0 Å². The molecular formula is C70H107BN. The van der Waals surface area contributed by atoms with Gasteiger partial charge in [-0.15, -0.1) is 26.3 Å². The summed E-state index contributed by atoms with van der Waals surface area (Å²) < 4.78 is 0. The van der Waals surface area contributed by atoms with Crippen LogP contribution >= 0.6 is 0 Å². The number of rotatable bonds is 6. The van der Waals surface area contributed by atoms with Crippen LogP contribution in [0.25, 0.3) is 0 Å². The second kappa shape index (κ2) is 23.7. The first-order chi connectivity index (χ1) is 35.4. The molecule has 0 saturated heterocycles. The molecule has 0 spiro atoms. The fourth-order valence-corrected chi connectivity index (χ4v) is 24.1. The predicted octanol–water partition coefficient (Wildman–Crippen LogP) is 19.2. The van der Waals surface area contributed by atoms with Crippen LogP contribution < -0.4 is 0 Å². The average Bonchev–Trinajstić information content (AvgIpc) is 4.26. The van der Waals surface area contributed by atoms with E-state index in [-0.39, 0.29) is 0 Å². The third-order valence-corrected chi connectivity index (χ3v) is 26.1. The van der Waals surface area contributed by atoms with Gasteiger partial charge in [0.2, 0.25) is 0 Å². The molecule has 2 heteroatoms. The van der Waals surface area contributed by atoms with Crippen LogP contribution in [0.3, 0.4) is 0 Å². The van der Waals surface area contributed by atoms with E-state index < -0.39 is 0 Å². The van der Waals surface area contributed by atoms with Crippen molar-refractivity contribution in [3.05, 3.63) is 87.1 Å². The average molecular weight is 973 g/mol. The van der Waals surface area contributed by atoms with Gasteiger partial charge in [-0.2, -0.15) is 0 Å². The Morgan fingerprint density at radius 2 is 0.875 bits per heavy atom. The van der Waals surface area contributed by atoms with Crippen molar-refractivity contribution < 1.29 is 0 Å². The van der Waals surface area contributed by atoms with Gasteiger partial charge in [-0.1, -0.05) is 114 Å². The molecule has 1 nitrogen and oxygen atoms in total. The van der Waals surface area contributed by atoms with Crippen molar-refractivity contribution in [3.63, 3.8) is 0 Å². The molecule has 1 radical (unpaired) electrons. The first-order valence-corrected chi connectivity index (χ1v) is 32.1. The molecule has 0 aliphatic heterocycles. The first-order valence-electron chi connectivity index (χ1n) is 32.1. The first kappa shape index (κ1) is 53.4. The van der Waals surface area contributed by atoms with Gasteiger partial charge >= 0.3 is 13.0 Å². The summed E-state index contributed by atoms with van der Waals surface area (Å²) in [4.78, 5) is 0. The number of hydrogen-bond acceptors (Lipinski definition) is 1. The molecule has 0 aromatic heterocycles. The minimum absolute atomic E-state index is 0.804. The Balaban J connectivity index is 0.000000101. The molecule has 28 atom stereocenters. The number of fused-ring (bicyclic) bond motifs is 30. The van der Waals surface area contributed by atoms with Gasteiger partial charge in [0.1, 0.15) is 0 Å². The maximum atomic E-state index is 5.25. The van der Waals surface area contributed by atoms with Crippen LogP contribution in [0.4, 0.5) is 0 Å². The maximum absolute atomic E-state index is 5.25. The number of hydrogen-bond donors (Lipinski definition) is 1. The van der Waals surface area contributed by atoms with Crippen molar-refractivity contribution in [1.29, 1.82) is 5.31 Å². The van der Waals surface area contributed by atoms with Crippen molar-refractivity contribution in [2.45, 2.75) is 182 Å². The van der Waals surface area contributed by atoms with Gasteiger partial charge in [0.05, 0.1) is 0 Å². The van der Waals surface area contributed by atoms with E-state index in [1.165, 1.54) is 118 Å². The van der Waals surface area contributed by atoms with Gasteiger partial charge in [0.25, 0.3) is 0 Å². The van der Waals surface area contributed by atoms with Gasteiger partial charge in [-0.25, -0.2) is 0 Å². The Kier molecular flexibility index (Phi) is 17.6. The van der Waals surface area contributed by atoms with Crippen LogP contribution in [0.5, 0.6) is 0 Å². The summed E-state index contributed by atoms with van der Waals surface area (Å²) in [6.07, 6.45) is 59.0. The zero-order chi connectivity index (χ0) is 50.2. The summed E-state index contributed by atoms with van der Waals surface area (Å²) in [6, 6.07) is 0. The zero-order valence-electron chi connectivity index (χ0n) is 46.8. The normalized spacial score (nSPS) is 51.7. The Morgan fingerprint density at radius 3 is 1.24 bits per heavy atom. The molecule has 0 aromatic rings. The molecule has 0 aromatic carbocycles. The molecule has 17 aliphatic rings. The summed E-state index contributed by atoms with van der Waals surface area (Å²) >= 11 is 0. The fourth-order valence-electron chi connectivity index (χ4n) is 24.1. The van der Waals surface area contributed by atoms with Gasteiger partial charge < -0.3 is 0 Å². The molecular weight excluding hydrogens is 866 g/mol. The third kappa shape index (κ3) is 9.76. The molecule has 0 amide bonds. The van der Waals surface area contributed by atoms with E-state index in [4.69, 9.17) is 5.31 Å². The molecule has 72 heavy (non-hydrogen) atoms. The molecule has 14 saturated carbocycles. The van der Waals surface area contributed by atoms with E-state index in [0.29, 0.717) is 0 Å². The molecule has 14 bridgehead atoms. The second-order valence-electron chi connectivity index (χ2n) is 28.2. The summed E-state index contributed by atoms with van der Waals surface area (Å²) in [5.41, 5.74) is 0. The van der Waals surface area contributed by atoms with Crippen LogP contribution in [-0.2, 0) is 0 Å². The van der Waals surface area contributed by atoms with Crippen LogP contribution in [0, 0.1) is 171 Å². The van der Waals surface area contributed by atoms with Gasteiger partial charge in [-0.05, 0) is 294 Å². The molecule has 1 N–H and O–H groups in total. The molecule has 395 valence electrons. The monoisotopic (exact) mass is 973 g/mol. The number of nitrogens with one attached hydrogen (secondary N) is 1. The summed E-state index contributed by atoms with van der Waals surface area (Å²) in [6.45, 7) is 23.9. The molecule has 24 unspecified atom stereocenters. The van der Waals surface area contributed by atoms with Crippen molar-refractivity contribution in [2.75, 3.05) is 0 Å². The van der Waals surface area contributed by atoms with Gasteiger partial charge in [-0.3, -0.25) is 0 Å². The van der Waals surface area contributed by atoms with Crippen LogP contribution in [0.1, 0.15) is 182 Å². The molecule has 17 rings (SSSR count). The Morgan fingerprint density at radius 1 is 0.458 bits per heavy atom. The number of allylic oxidation sites excluding steroid dienone is 10. The quantitative estimate of drug-likeness (QED) is 0.156. The molecule has 17 aliphatic carbocycles. The summed E-state index contributed by atoms with van der Waals surface area (Å²) in [7, 11) is 3.75.